The molecule has 0 atom stereocenters. The number of fused-ring (bicyclic) bond motifs is 1. The molecule has 0 spiro atoms. The van der Waals surface area contributed by atoms with Crippen LogP contribution in [0.2, 0.25) is 0 Å². The summed E-state index contributed by atoms with van der Waals surface area (Å²) in [5.74, 6) is -0.0713. The molecule has 1 aromatic carbocycles. The monoisotopic (exact) mass is 205 g/mol. The number of carbonyl (C=O) groups is 1. The fourth-order valence-corrected chi connectivity index (χ4v) is 1.64. The van der Waals surface area contributed by atoms with E-state index in [1.54, 1.807) is 12.3 Å². The second-order valence-corrected chi connectivity index (χ2v) is 3.57. The van der Waals surface area contributed by atoms with E-state index in [-0.39, 0.29) is 11.6 Å². The smallest absolute Gasteiger partial charge is 0.137 e. The Morgan fingerprint density at radius 2 is 2.27 bits per heavy atom. The Kier molecular flexibility index (Phi) is 2.54. The van der Waals surface area contributed by atoms with Gasteiger partial charge in [-0.15, -0.1) is 0 Å². The van der Waals surface area contributed by atoms with Gasteiger partial charge in [0, 0.05) is 29.9 Å². The maximum Gasteiger partial charge on any atom is 0.137 e. The highest BCUT2D eigenvalue weighted by atomic mass is 19.1. The predicted octanol–water partition coefficient (Wildman–Crippen LogP) is 2.83. The molecule has 0 unspecified atom stereocenters. The molecule has 0 amide bonds. The average Bonchev–Trinajstić information content (AvgIpc) is 2.60. The number of Topliss-reactive ketones (excluding diaryl/α,β-unsaturated/α-hetero) is 1. The molecule has 2 nitrogen and oxygen atoms in total. The van der Waals surface area contributed by atoms with E-state index < -0.39 is 0 Å². The third kappa shape index (κ3) is 1.91. The number of halogens is 1. The van der Waals surface area contributed by atoms with Crippen LogP contribution >= 0.6 is 0 Å². The summed E-state index contributed by atoms with van der Waals surface area (Å²) in [6.45, 7) is 1.84. The molecule has 0 aliphatic rings. The van der Waals surface area contributed by atoms with Crippen LogP contribution in [-0.2, 0) is 11.2 Å². The van der Waals surface area contributed by atoms with Gasteiger partial charge in [0.1, 0.15) is 11.6 Å². The Morgan fingerprint density at radius 3 is 3.00 bits per heavy atom. The van der Waals surface area contributed by atoms with Crippen LogP contribution in [0.4, 0.5) is 4.39 Å². The molecular formula is C12H12FNO. The highest BCUT2D eigenvalue weighted by molar-refractivity contribution is 5.89. The Balaban J connectivity index is 2.41. The molecule has 0 fully saturated rings. The van der Waals surface area contributed by atoms with Crippen molar-refractivity contribution in [2.75, 3.05) is 0 Å². The molecule has 0 aliphatic heterocycles. The SMILES string of the molecule is CCC(=O)Cc1c[nH]c2cc(F)ccc12. The fourth-order valence-electron chi connectivity index (χ4n) is 1.64. The van der Waals surface area contributed by atoms with Crippen molar-refractivity contribution in [3.63, 3.8) is 0 Å². The number of carbonyl (C=O) groups excluding carboxylic acids is 1. The molecule has 1 N–H and O–H groups in total. The van der Waals surface area contributed by atoms with Gasteiger partial charge in [-0.2, -0.15) is 0 Å². The van der Waals surface area contributed by atoms with Gasteiger partial charge in [0.15, 0.2) is 0 Å². The van der Waals surface area contributed by atoms with Crippen LogP contribution in [0.1, 0.15) is 18.9 Å². The van der Waals surface area contributed by atoms with Gasteiger partial charge >= 0.3 is 0 Å². The van der Waals surface area contributed by atoms with Gasteiger partial charge < -0.3 is 4.98 Å². The molecule has 2 rings (SSSR count). The minimum atomic E-state index is -0.266. The Labute approximate surface area is 87.1 Å². The van der Waals surface area contributed by atoms with Gasteiger partial charge in [0.05, 0.1) is 0 Å². The van der Waals surface area contributed by atoms with Gasteiger partial charge in [-0.25, -0.2) is 4.39 Å². The molecule has 78 valence electrons. The van der Waals surface area contributed by atoms with Crippen molar-refractivity contribution in [2.45, 2.75) is 19.8 Å². The standard InChI is InChI=1S/C12H12FNO/c1-2-10(15)5-8-7-14-12-6-9(13)3-4-11(8)12/h3-4,6-7,14H,2,5H2,1H3. The number of nitrogens with one attached hydrogen (secondary N) is 1. The van der Waals surface area contributed by atoms with E-state index in [1.807, 2.05) is 6.92 Å². The largest absolute Gasteiger partial charge is 0.361 e. The van der Waals surface area contributed by atoms with Gasteiger partial charge in [-0.3, -0.25) is 4.79 Å². The summed E-state index contributed by atoms with van der Waals surface area (Å²) in [5.41, 5.74) is 1.69. The van der Waals surface area contributed by atoms with Crippen LogP contribution < -0.4 is 0 Å². The molecule has 0 bridgehead atoms. The zero-order valence-corrected chi connectivity index (χ0v) is 8.51. The Hall–Kier alpha value is -1.64. The molecule has 2 aromatic rings. The van der Waals surface area contributed by atoms with E-state index in [4.69, 9.17) is 0 Å². The Bertz CT molecular complexity index is 501. The van der Waals surface area contributed by atoms with Crippen LogP contribution in [-0.4, -0.2) is 10.8 Å². The average molecular weight is 205 g/mol. The van der Waals surface area contributed by atoms with Crippen LogP contribution in [0.25, 0.3) is 10.9 Å². The summed E-state index contributed by atoms with van der Waals surface area (Å²) in [7, 11) is 0. The predicted molar refractivity (Wildman–Crippen MR) is 57.3 cm³/mol. The molecular weight excluding hydrogens is 193 g/mol. The molecule has 1 heterocycles. The summed E-state index contributed by atoms with van der Waals surface area (Å²) in [5, 5.41) is 0.929. The first-order valence-corrected chi connectivity index (χ1v) is 4.98. The van der Waals surface area contributed by atoms with Gasteiger partial charge in [0.2, 0.25) is 0 Å². The number of H-pyrrole nitrogens is 1. The van der Waals surface area contributed by atoms with Gasteiger partial charge in [0.25, 0.3) is 0 Å². The van der Waals surface area contributed by atoms with E-state index in [0.29, 0.717) is 12.8 Å². The van der Waals surface area contributed by atoms with Crippen LogP contribution in [0, 0.1) is 5.82 Å². The van der Waals surface area contributed by atoms with Crippen LogP contribution in [0.15, 0.2) is 24.4 Å². The molecule has 3 heteroatoms. The maximum atomic E-state index is 12.9. The van der Waals surface area contributed by atoms with Crippen molar-refractivity contribution >= 4 is 16.7 Å². The first kappa shape index (κ1) is 9.90. The minimum absolute atomic E-state index is 0.195. The third-order valence-electron chi connectivity index (χ3n) is 2.51. The van der Waals surface area contributed by atoms with Gasteiger partial charge in [-0.05, 0) is 23.8 Å². The van der Waals surface area contributed by atoms with Crippen molar-refractivity contribution in [3.8, 4) is 0 Å². The highest BCUT2D eigenvalue weighted by Crippen LogP contribution is 2.19. The van der Waals surface area contributed by atoms with Crippen molar-refractivity contribution in [1.82, 2.24) is 4.98 Å². The fraction of sp³-hybridized carbons (Fsp3) is 0.250. The summed E-state index contributed by atoms with van der Waals surface area (Å²) < 4.78 is 12.9. The molecule has 0 radical (unpaired) electrons. The number of aromatic nitrogens is 1. The van der Waals surface area contributed by atoms with Crippen LogP contribution in [0.3, 0.4) is 0 Å². The number of aromatic amines is 1. The van der Waals surface area contributed by atoms with Crippen molar-refractivity contribution in [1.29, 1.82) is 0 Å². The number of benzene rings is 1. The van der Waals surface area contributed by atoms with Gasteiger partial charge in [-0.1, -0.05) is 6.92 Å². The number of ketones is 1. The number of hydrogen-bond acceptors (Lipinski definition) is 1. The molecule has 0 aliphatic carbocycles. The van der Waals surface area contributed by atoms with E-state index in [1.165, 1.54) is 12.1 Å². The minimum Gasteiger partial charge on any atom is -0.361 e. The molecule has 15 heavy (non-hydrogen) atoms. The molecule has 0 saturated heterocycles. The summed E-state index contributed by atoms with van der Waals surface area (Å²) in [4.78, 5) is 14.3. The van der Waals surface area contributed by atoms with Crippen molar-refractivity contribution in [2.24, 2.45) is 0 Å². The Morgan fingerprint density at radius 1 is 1.47 bits per heavy atom. The third-order valence-corrected chi connectivity index (χ3v) is 2.51. The quantitative estimate of drug-likeness (QED) is 0.821. The number of rotatable bonds is 3. The van der Waals surface area contributed by atoms with E-state index in [2.05, 4.69) is 4.98 Å². The first-order valence-electron chi connectivity index (χ1n) is 4.98. The topological polar surface area (TPSA) is 32.9 Å². The summed E-state index contributed by atoms with van der Waals surface area (Å²) >= 11 is 0. The van der Waals surface area contributed by atoms with Crippen molar-refractivity contribution < 1.29 is 9.18 Å². The second kappa shape index (κ2) is 3.85. The molecule has 0 saturated carbocycles. The first-order chi connectivity index (χ1) is 7.20. The van der Waals surface area contributed by atoms with E-state index >= 15 is 0 Å². The normalized spacial score (nSPS) is 10.8. The highest BCUT2D eigenvalue weighted by Gasteiger charge is 2.07. The zero-order chi connectivity index (χ0) is 10.8. The maximum absolute atomic E-state index is 12.9. The lowest BCUT2D eigenvalue weighted by Crippen LogP contribution is -1.99. The van der Waals surface area contributed by atoms with E-state index in [9.17, 15) is 9.18 Å². The van der Waals surface area contributed by atoms with Crippen LogP contribution in [0.5, 0.6) is 0 Å². The van der Waals surface area contributed by atoms with E-state index in [0.717, 1.165) is 16.5 Å². The summed E-state index contributed by atoms with van der Waals surface area (Å²) in [6.07, 6.45) is 2.73. The molecule has 1 aromatic heterocycles. The second-order valence-electron chi connectivity index (χ2n) is 3.57. The van der Waals surface area contributed by atoms with Crippen molar-refractivity contribution in [3.05, 3.63) is 35.8 Å². The lowest BCUT2D eigenvalue weighted by molar-refractivity contribution is -0.118. The summed E-state index contributed by atoms with van der Waals surface area (Å²) in [6, 6.07) is 4.56. The lowest BCUT2D eigenvalue weighted by Gasteiger charge is -1.96. The zero-order valence-electron chi connectivity index (χ0n) is 8.51. The number of hydrogen-bond donors (Lipinski definition) is 1. The lowest BCUT2D eigenvalue weighted by atomic mass is 10.1.